The van der Waals surface area contributed by atoms with Crippen LogP contribution in [0.25, 0.3) is 16.3 Å². The number of hydrogen-bond acceptors (Lipinski definition) is 4. The number of nitrogens with zero attached hydrogens (tertiary/aromatic N) is 1. The number of carbonyl (C=O) groups excluding carboxylic acids is 1. The third kappa shape index (κ3) is 9.09. The summed E-state index contributed by atoms with van der Waals surface area (Å²) in [5.41, 5.74) is 4.71. The molecule has 0 fully saturated rings. The monoisotopic (exact) mass is 527 g/mol. The molecule has 3 aromatic rings. The van der Waals surface area contributed by atoms with Crippen molar-refractivity contribution in [2.45, 2.75) is 91.6 Å². The third-order valence-corrected chi connectivity index (χ3v) is 6.96. The predicted octanol–water partition coefficient (Wildman–Crippen LogP) is 9.66. The summed E-state index contributed by atoms with van der Waals surface area (Å²) >= 11 is 0. The molecule has 0 aromatic heterocycles. The van der Waals surface area contributed by atoms with Crippen LogP contribution in [0, 0.1) is 0 Å². The Morgan fingerprint density at radius 3 is 2.26 bits per heavy atom. The zero-order valence-corrected chi connectivity index (χ0v) is 24.5. The fourth-order valence-corrected chi connectivity index (χ4v) is 4.68. The number of aryl methyl sites for hydroxylation is 1. The molecular formula is C35H45NO3. The number of benzene rings is 3. The highest BCUT2D eigenvalue weighted by atomic mass is 16.6. The number of esters is 1. The highest BCUT2D eigenvalue weighted by Gasteiger charge is 2.31. The van der Waals surface area contributed by atoms with Crippen LogP contribution in [0.15, 0.2) is 72.2 Å². The van der Waals surface area contributed by atoms with Gasteiger partial charge in [-0.25, -0.2) is 4.79 Å². The lowest BCUT2D eigenvalue weighted by Gasteiger charge is -2.24. The predicted molar refractivity (Wildman–Crippen MR) is 165 cm³/mol. The minimum atomic E-state index is -1.02. The molecule has 39 heavy (non-hydrogen) atoms. The Balaban J connectivity index is 1.63. The van der Waals surface area contributed by atoms with Gasteiger partial charge < -0.3 is 9.47 Å². The highest BCUT2D eigenvalue weighted by molar-refractivity contribution is 5.94. The number of rotatable bonds is 15. The molecule has 4 heteroatoms. The molecular weight excluding hydrogens is 482 g/mol. The van der Waals surface area contributed by atoms with Gasteiger partial charge in [-0.15, -0.1) is 0 Å². The lowest BCUT2D eigenvalue weighted by Crippen LogP contribution is -2.39. The molecule has 0 aliphatic heterocycles. The highest BCUT2D eigenvalue weighted by Crippen LogP contribution is 2.33. The van der Waals surface area contributed by atoms with Crippen LogP contribution in [0.3, 0.4) is 0 Å². The molecule has 0 bridgehead atoms. The van der Waals surface area contributed by atoms with Gasteiger partial charge in [-0.3, -0.25) is 4.99 Å². The number of unbranched alkanes of at least 4 members (excludes halogenated alkanes) is 3. The van der Waals surface area contributed by atoms with E-state index in [-0.39, 0.29) is 5.97 Å². The lowest BCUT2D eigenvalue weighted by atomic mass is 9.96. The Kier molecular flexibility index (Phi) is 11.3. The molecule has 0 amide bonds. The van der Waals surface area contributed by atoms with Crippen molar-refractivity contribution in [2.24, 2.45) is 4.99 Å². The number of carbonyl (C=O) groups is 1. The van der Waals surface area contributed by atoms with Gasteiger partial charge in [-0.05, 0) is 106 Å². The molecule has 3 aromatic carbocycles. The maximum Gasteiger partial charge on any atom is 0.349 e. The Labute approximate surface area is 235 Å². The molecule has 0 spiro atoms. The fraction of sp³-hybridized carbons (Fsp3) is 0.429. The second-order valence-corrected chi connectivity index (χ2v) is 10.8. The summed E-state index contributed by atoms with van der Waals surface area (Å²) in [6.45, 7) is 14.4. The smallest absolute Gasteiger partial charge is 0.349 e. The van der Waals surface area contributed by atoms with Gasteiger partial charge in [-0.2, -0.15) is 0 Å². The minimum absolute atomic E-state index is 0.337. The van der Waals surface area contributed by atoms with Crippen molar-refractivity contribution in [3.8, 4) is 5.75 Å². The van der Waals surface area contributed by atoms with E-state index in [4.69, 9.17) is 14.5 Å². The second-order valence-electron chi connectivity index (χ2n) is 10.8. The summed E-state index contributed by atoms with van der Waals surface area (Å²) < 4.78 is 11.0. The number of aliphatic imine (C=N–C) groups is 1. The summed E-state index contributed by atoms with van der Waals surface area (Å²) in [7, 11) is 0. The van der Waals surface area contributed by atoms with Gasteiger partial charge in [0, 0.05) is 11.3 Å². The van der Waals surface area contributed by atoms with Crippen molar-refractivity contribution in [3.63, 3.8) is 0 Å². The summed E-state index contributed by atoms with van der Waals surface area (Å²) in [5.74, 6) is 0.298. The SMILES string of the molecule is C=C(CCCCCC)c1cc2ccccc2cc1N=C(C)CCCc1ccc(OC(C)(C)C(=O)OCC)cc1. The summed E-state index contributed by atoms with van der Waals surface area (Å²) in [6, 6.07) is 20.9. The largest absolute Gasteiger partial charge is 0.476 e. The van der Waals surface area contributed by atoms with E-state index in [1.807, 2.05) is 12.1 Å². The van der Waals surface area contributed by atoms with Crippen molar-refractivity contribution in [3.05, 3.63) is 78.4 Å². The summed E-state index contributed by atoms with van der Waals surface area (Å²) in [5, 5.41) is 2.44. The summed E-state index contributed by atoms with van der Waals surface area (Å²) in [6.07, 6.45) is 8.82. The van der Waals surface area contributed by atoms with E-state index < -0.39 is 5.60 Å². The molecule has 208 valence electrons. The average molecular weight is 528 g/mol. The quantitative estimate of drug-likeness (QED) is 0.112. The molecule has 0 atom stereocenters. The van der Waals surface area contributed by atoms with Crippen LogP contribution in [0.5, 0.6) is 5.75 Å². The van der Waals surface area contributed by atoms with Crippen LogP contribution < -0.4 is 4.74 Å². The maximum atomic E-state index is 12.1. The van der Waals surface area contributed by atoms with Gasteiger partial charge in [0.1, 0.15) is 5.75 Å². The maximum absolute atomic E-state index is 12.1. The Morgan fingerprint density at radius 2 is 1.59 bits per heavy atom. The van der Waals surface area contributed by atoms with E-state index in [9.17, 15) is 4.79 Å². The van der Waals surface area contributed by atoms with Gasteiger partial charge in [-0.1, -0.05) is 69.2 Å². The fourth-order valence-electron chi connectivity index (χ4n) is 4.68. The van der Waals surface area contributed by atoms with Gasteiger partial charge in [0.15, 0.2) is 5.60 Å². The van der Waals surface area contributed by atoms with Gasteiger partial charge in [0.25, 0.3) is 0 Å². The standard InChI is InChI=1S/C35H45NO3/c1-7-9-10-11-15-26(3)32-24-29-18-12-13-19-30(29)25-33(32)36-27(4)16-14-17-28-20-22-31(23-21-28)39-35(5,6)34(37)38-8-2/h12-13,18-25H,3,7-11,14-17H2,1-2,4-6H3. The molecule has 0 saturated carbocycles. The van der Waals surface area contributed by atoms with Crippen LogP contribution in [-0.4, -0.2) is 23.9 Å². The van der Waals surface area contributed by atoms with E-state index in [2.05, 4.69) is 69.0 Å². The van der Waals surface area contributed by atoms with Crippen LogP contribution in [0.2, 0.25) is 0 Å². The van der Waals surface area contributed by atoms with E-state index in [1.54, 1.807) is 20.8 Å². The van der Waals surface area contributed by atoms with Gasteiger partial charge in [0.05, 0.1) is 12.3 Å². The molecule has 0 aliphatic rings. The van der Waals surface area contributed by atoms with Crippen LogP contribution >= 0.6 is 0 Å². The number of allylic oxidation sites excluding steroid dienone is 1. The van der Waals surface area contributed by atoms with E-state index in [1.165, 1.54) is 53.2 Å². The van der Waals surface area contributed by atoms with Crippen LogP contribution in [-0.2, 0) is 16.0 Å². The van der Waals surface area contributed by atoms with Crippen molar-refractivity contribution >= 4 is 33.7 Å². The normalized spacial score (nSPS) is 12.0. The third-order valence-electron chi connectivity index (χ3n) is 6.96. The van der Waals surface area contributed by atoms with Crippen molar-refractivity contribution < 1.29 is 14.3 Å². The van der Waals surface area contributed by atoms with E-state index in [0.717, 1.165) is 37.1 Å². The topological polar surface area (TPSA) is 47.9 Å². The molecule has 0 N–H and O–H groups in total. The van der Waals surface area contributed by atoms with Crippen molar-refractivity contribution in [2.75, 3.05) is 6.61 Å². The summed E-state index contributed by atoms with van der Waals surface area (Å²) in [4.78, 5) is 17.2. The molecule has 0 radical (unpaired) electrons. The first-order valence-corrected chi connectivity index (χ1v) is 14.4. The van der Waals surface area contributed by atoms with E-state index in [0.29, 0.717) is 12.4 Å². The average Bonchev–Trinajstić information content (AvgIpc) is 2.91. The molecule has 0 aliphatic carbocycles. The van der Waals surface area contributed by atoms with Crippen molar-refractivity contribution in [1.82, 2.24) is 0 Å². The van der Waals surface area contributed by atoms with E-state index >= 15 is 0 Å². The molecule has 3 rings (SSSR count). The first-order valence-electron chi connectivity index (χ1n) is 14.4. The zero-order chi connectivity index (χ0) is 28.3. The van der Waals surface area contributed by atoms with Crippen LogP contribution in [0.1, 0.15) is 90.7 Å². The lowest BCUT2D eigenvalue weighted by molar-refractivity contribution is -0.158. The minimum Gasteiger partial charge on any atom is -0.476 e. The number of hydrogen-bond donors (Lipinski definition) is 0. The Bertz CT molecular complexity index is 1270. The van der Waals surface area contributed by atoms with Crippen molar-refractivity contribution in [1.29, 1.82) is 0 Å². The molecule has 4 nitrogen and oxygen atoms in total. The first kappa shape index (κ1) is 30.1. The van der Waals surface area contributed by atoms with Gasteiger partial charge >= 0.3 is 5.97 Å². The Morgan fingerprint density at radius 1 is 0.897 bits per heavy atom. The van der Waals surface area contributed by atoms with Crippen LogP contribution in [0.4, 0.5) is 5.69 Å². The molecule has 0 saturated heterocycles. The number of ether oxygens (including phenoxy) is 2. The Hall–Kier alpha value is -3.40. The molecule has 0 heterocycles. The number of fused-ring (bicyclic) bond motifs is 1. The second kappa shape index (κ2) is 14.7. The van der Waals surface area contributed by atoms with Gasteiger partial charge in [0.2, 0.25) is 0 Å². The zero-order valence-electron chi connectivity index (χ0n) is 24.5. The molecule has 0 unspecified atom stereocenters. The first-order chi connectivity index (χ1) is 18.7.